The van der Waals surface area contributed by atoms with Gasteiger partial charge in [-0.25, -0.2) is 9.78 Å². The fourth-order valence-electron chi connectivity index (χ4n) is 2.30. The highest BCUT2D eigenvalue weighted by atomic mass is 16.5. The van der Waals surface area contributed by atoms with Gasteiger partial charge in [0.05, 0.1) is 24.3 Å². The summed E-state index contributed by atoms with van der Waals surface area (Å²) in [5, 5.41) is 0. The lowest BCUT2D eigenvalue weighted by Gasteiger charge is -2.12. The maximum Gasteiger partial charge on any atom is 0.376 e. The molecule has 1 fully saturated rings. The lowest BCUT2D eigenvalue weighted by molar-refractivity contribution is 0.0483. The number of esters is 1. The van der Waals surface area contributed by atoms with E-state index in [4.69, 9.17) is 13.9 Å². The van der Waals surface area contributed by atoms with Crippen molar-refractivity contribution in [1.29, 1.82) is 0 Å². The Hall–Kier alpha value is -1.36. The molecule has 1 aromatic rings. The molecule has 1 aromatic heterocycles. The molecule has 1 aliphatic heterocycles. The summed E-state index contributed by atoms with van der Waals surface area (Å²) in [6.45, 7) is 6.65. The molecular formula is C13H19NO4. The summed E-state index contributed by atoms with van der Waals surface area (Å²) in [5.74, 6) is 0.520. The monoisotopic (exact) mass is 253 g/mol. The molecule has 5 heteroatoms. The molecule has 100 valence electrons. The Morgan fingerprint density at radius 1 is 1.50 bits per heavy atom. The zero-order valence-electron chi connectivity index (χ0n) is 11.1. The highest BCUT2D eigenvalue weighted by Crippen LogP contribution is 2.33. The van der Waals surface area contributed by atoms with Gasteiger partial charge in [-0.1, -0.05) is 6.92 Å². The standard InChI is InChI=1S/C13H19NO4/c1-4-10-9(6-7-17-10)12-14-8(3)11(18-12)13(15)16-5-2/h9-10H,4-7H2,1-3H3. The first-order chi connectivity index (χ1) is 8.67. The van der Waals surface area contributed by atoms with Crippen molar-refractivity contribution >= 4 is 5.97 Å². The normalized spacial score (nSPS) is 23.3. The van der Waals surface area contributed by atoms with Crippen molar-refractivity contribution in [2.45, 2.75) is 45.6 Å². The van der Waals surface area contributed by atoms with E-state index in [-0.39, 0.29) is 17.8 Å². The molecule has 1 aliphatic rings. The Labute approximate surface area is 106 Å². The van der Waals surface area contributed by atoms with E-state index in [0.29, 0.717) is 18.2 Å². The number of ether oxygens (including phenoxy) is 2. The van der Waals surface area contributed by atoms with Crippen molar-refractivity contribution < 1.29 is 18.7 Å². The molecule has 2 rings (SSSR count). The Bertz CT molecular complexity index is 427. The van der Waals surface area contributed by atoms with E-state index in [1.165, 1.54) is 0 Å². The number of oxazole rings is 1. The summed E-state index contributed by atoms with van der Waals surface area (Å²) < 4.78 is 16.1. The van der Waals surface area contributed by atoms with Crippen molar-refractivity contribution in [3.05, 3.63) is 17.3 Å². The molecule has 0 amide bonds. The van der Waals surface area contributed by atoms with Crippen LogP contribution in [0.5, 0.6) is 0 Å². The summed E-state index contributed by atoms with van der Waals surface area (Å²) in [4.78, 5) is 16.0. The van der Waals surface area contributed by atoms with Crippen LogP contribution in [0.1, 0.15) is 54.7 Å². The predicted molar refractivity (Wildman–Crippen MR) is 64.6 cm³/mol. The van der Waals surface area contributed by atoms with Crippen LogP contribution in [0.4, 0.5) is 0 Å². The fourth-order valence-corrected chi connectivity index (χ4v) is 2.30. The van der Waals surface area contributed by atoms with Gasteiger partial charge in [0.15, 0.2) is 0 Å². The van der Waals surface area contributed by atoms with Crippen LogP contribution in [0.2, 0.25) is 0 Å². The lowest BCUT2D eigenvalue weighted by atomic mass is 10.00. The number of carbonyl (C=O) groups excluding carboxylic acids is 1. The van der Waals surface area contributed by atoms with Crippen LogP contribution >= 0.6 is 0 Å². The third-order valence-corrected chi connectivity index (χ3v) is 3.20. The number of carbonyl (C=O) groups is 1. The molecular weight excluding hydrogens is 234 g/mol. The quantitative estimate of drug-likeness (QED) is 0.771. The molecule has 0 radical (unpaired) electrons. The summed E-state index contributed by atoms with van der Waals surface area (Å²) >= 11 is 0. The third kappa shape index (κ3) is 2.41. The van der Waals surface area contributed by atoms with Crippen molar-refractivity contribution in [2.75, 3.05) is 13.2 Å². The second kappa shape index (κ2) is 5.52. The first-order valence-electron chi connectivity index (χ1n) is 6.43. The van der Waals surface area contributed by atoms with Gasteiger partial charge in [-0.2, -0.15) is 0 Å². The highest BCUT2D eigenvalue weighted by Gasteiger charge is 2.33. The zero-order valence-corrected chi connectivity index (χ0v) is 11.1. The zero-order chi connectivity index (χ0) is 13.1. The van der Waals surface area contributed by atoms with Gasteiger partial charge < -0.3 is 13.9 Å². The average molecular weight is 253 g/mol. The molecule has 2 atom stereocenters. The van der Waals surface area contributed by atoms with Gasteiger partial charge in [0.1, 0.15) is 0 Å². The molecule has 2 heterocycles. The van der Waals surface area contributed by atoms with Crippen LogP contribution in [0.25, 0.3) is 0 Å². The Morgan fingerprint density at radius 3 is 2.94 bits per heavy atom. The number of hydrogen-bond acceptors (Lipinski definition) is 5. The number of hydrogen-bond donors (Lipinski definition) is 0. The topological polar surface area (TPSA) is 61.6 Å². The second-order valence-corrected chi connectivity index (χ2v) is 4.40. The van der Waals surface area contributed by atoms with Crippen LogP contribution < -0.4 is 0 Å². The largest absolute Gasteiger partial charge is 0.460 e. The van der Waals surface area contributed by atoms with E-state index in [0.717, 1.165) is 19.4 Å². The average Bonchev–Trinajstić information content (AvgIpc) is 2.94. The number of rotatable bonds is 4. The van der Waals surface area contributed by atoms with E-state index >= 15 is 0 Å². The van der Waals surface area contributed by atoms with Crippen LogP contribution in [0.15, 0.2) is 4.42 Å². The Morgan fingerprint density at radius 2 is 2.28 bits per heavy atom. The van der Waals surface area contributed by atoms with Crippen molar-refractivity contribution in [2.24, 2.45) is 0 Å². The molecule has 0 spiro atoms. The molecule has 0 saturated carbocycles. The molecule has 2 unspecified atom stereocenters. The number of nitrogens with zero attached hydrogens (tertiary/aromatic N) is 1. The molecule has 0 aliphatic carbocycles. The van der Waals surface area contributed by atoms with Gasteiger partial charge in [-0.05, 0) is 26.7 Å². The van der Waals surface area contributed by atoms with Gasteiger partial charge in [0.25, 0.3) is 0 Å². The van der Waals surface area contributed by atoms with E-state index in [9.17, 15) is 4.79 Å². The maximum absolute atomic E-state index is 11.7. The number of aromatic nitrogens is 1. The van der Waals surface area contributed by atoms with E-state index < -0.39 is 5.97 Å². The van der Waals surface area contributed by atoms with E-state index in [1.54, 1.807) is 13.8 Å². The van der Waals surface area contributed by atoms with Gasteiger partial charge in [-0.3, -0.25) is 0 Å². The van der Waals surface area contributed by atoms with Crippen LogP contribution in [-0.2, 0) is 9.47 Å². The van der Waals surface area contributed by atoms with Gasteiger partial charge in [0.2, 0.25) is 11.7 Å². The minimum atomic E-state index is -0.444. The summed E-state index contributed by atoms with van der Waals surface area (Å²) in [7, 11) is 0. The summed E-state index contributed by atoms with van der Waals surface area (Å²) in [6.07, 6.45) is 1.94. The molecule has 0 bridgehead atoms. The first kappa shape index (κ1) is 13.1. The third-order valence-electron chi connectivity index (χ3n) is 3.20. The smallest absolute Gasteiger partial charge is 0.376 e. The summed E-state index contributed by atoms with van der Waals surface area (Å²) in [5.41, 5.74) is 0.588. The van der Waals surface area contributed by atoms with Crippen LogP contribution in [0.3, 0.4) is 0 Å². The van der Waals surface area contributed by atoms with E-state index in [2.05, 4.69) is 11.9 Å². The van der Waals surface area contributed by atoms with Crippen LogP contribution in [-0.4, -0.2) is 30.3 Å². The van der Waals surface area contributed by atoms with Gasteiger partial charge in [-0.15, -0.1) is 0 Å². The predicted octanol–water partition coefficient (Wildman–Crippen LogP) is 2.44. The van der Waals surface area contributed by atoms with Gasteiger partial charge >= 0.3 is 5.97 Å². The fraction of sp³-hybridized carbons (Fsp3) is 0.692. The summed E-state index contributed by atoms with van der Waals surface area (Å²) in [6, 6.07) is 0. The Kier molecular flexibility index (Phi) is 4.01. The molecule has 0 aromatic carbocycles. The molecule has 0 N–H and O–H groups in total. The minimum Gasteiger partial charge on any atom is -0.460 e. The Balaban J connectivity index is 2.20. The second-order valence-electron chi connectivity index (χ2n) is 4.40. The molecule has 18 heavy (non-hydrogen) atoms. The SMILES string of the molecule is CCOC(=O)c1oc(C2CCOC2CC)nc1C. The number of aryl methyl sites for hydroxylation is 1. The van der Waals surface area contributed by atoms with Crippen LogP contribution in [0, 0.1) is 6.92 Å². The first-order valence-corrected chi connectivity index (χ1v) is 6.43. The minimum absolute atomic E-state index is 0.137. The van der Waals surface area contributed by atoms with Gasteiger partial charge in [0, 0.05) is 6.61 Å². The van der Waals surface area contributed by atoms with Crippen molar-refractivity contribution in [3.63, 3.8) is 0 Å². The highest BCUT2D eigenvalue weighted by molar-refractivity contribution is 5.87. The molecule has 1 saturated heterocycles. The maximum atomic E-state index is 11.7. The van der Waals surface area contributed by atoms with Crippen molar-refractivity contribution in [1.82, 2.24) is 4.98 Å². The van der Waals surface area contributed by atoms with E-state index in [1.807, 2.05) is 0 Å². The molecule has 5 nitrogen and oxygen atoms in total. The lowest BCUT2D eigenvalue weighted by Crippen LogP contribution is -2.13. The van der Waals surface area contributed by atoms with Crippen molar-refractivity contribution in [3.8, 4) is 0 Å².